The maximum absolute atomic E-state index is 13.0. The predicted octanol–water partition coefficient (Wildman–Crippen LogP) is 4.74. The number of carbonyl (C=O) groups excluding carboxylic acids is 1. The Bertz CT molecular complexity index is 1110. The van der Waals surface area contributed by atoms with Crippen LogP contribution in [0.4, 0.5) is 10.1 Å². The highest BCUT2D eigenvalue weighted by Crippen LogP contribution is 2.21. The van der Waals surface area contributed by atoms with Crippen LogP contribution in [0.5, 0.6) is 0 Å². The summed E-state index contributed by atoms with van der Waals surface area (Å²) in [6, 6.07) is 10.6. The van der Waals surface area contributed by atoms with Crippen molar-refractivity contribution >= 4 is 45.9 Å². The van der Waals surface area contributed by atoms with Gasteiger partial charge in [-0.05, 0) is 55.8 Å². The van der Waals surface area contributed by atoms with Crippen LogP contribution < -0.4 is 10.9 Å². The number of hydrogen-bond acceptors (Lipinski definition) is 5. The third-order valence-electron chi connectivity index (χ3n) is 4.45. The van der Waals surface area contributed by atoms with Gasteiger partial charge in [0, 0.05) is 42.6 Å². The van der Waals surface area contributed by atoms with E-state index in [4.69, 9.17) is 16.3 Å². The lowest BCUT2D eigenvalue weighted by Gasteiger charge is -2.13. The van der Waals surface area contributed by atoms with Crippen molar-refractivity contribution in [2.45, 2.75) is 31.5 Å². The van der Waals surface area contributed by atoms with Gasteiger partial charge >= 0.3 is 0 Å². The molecule has 2 aromatic carbocycles. The third kappa shape index (κ3) is 6.53. The lowest BCUT2D eigenvalue weighted by molar-refractivity contribution is -0.115. The van der Waals surface area contributed by atoms with Crippen LogP contribution in [0.15, 0.2) is 52.4 Å². The first-order chi connectivity index (χ1) is 15.0. The Morgan fingerprint density at radius 1 is 1.26 bits per heavy atom. The number of aromatic nitrogens is 2. The average Bonchev–Trinajstić information content (AvgIpc) is 2.74. The van der Waals surface area contributed by atoms with E-state index in [2.05, 4.69) is 10.3 Å². The van der Waals surface area contributed by atoms with Crippen molar-refractivity contribution < 1.29 is 13.9 Å². The van der Waals surface area contributed by atoms with Crippen molar-refractivity contribution in [3.63, 3.8) is 0 Å². The molecule has 0 bridgehead atoms. The number of thioether (sulfide) groups is 1. The number of anilines is 1. The van der Waals surface area contributed by atoms with E-state index >= 15 is 0 Å². The Labute approximate surface area is 188 Å². The fraction of sp³-hybridized carbons (Fsp3) is 0.318. The van der Waals surface area contributed by atoms with Crippen LogP contribution in [-0.4, -0.2) is 34.4 Å². The van der Waals surface area contributed by atoms with Gasteiger partial charge in [-0.25, -0.2) is 9.37 Å². The van der Waals surface area contributed by atoms with Gasteiger partial charge in [-0.2, -0.15) is 0 Å². The number of benzene rings is 2. The molecule has 31 heavy (non-hydrogen) atoms. The lowest BCUT2D eigenvalue weighted by atomic mass is 10.2. The van der Waals surface area contributed by atoms with Crippen molar-refractivity contribution in [3.8, 4) is 0 Å². The second kappa shape index (κ2) is 11.3. The van der Waals surface area contributed by atoms with Crippen LogP contribution in [0.25, 0.3) is 10.9 Å². The molecule has 1 N–H and O–H groups in total. The molecule has 1 heterocycles. The summed E-state index contributed by atoms with van der Waals surface area (Å²) in [6.07, 6.45) is 0.886. The van der Waals surface area contributed by atoms with Crippen molar-refractivity contribution in [1.29, 1.82) is 0 Å². The van der Waals surface area contributed by atoms with Crippen LogP contribution >= 0.6 is 23.4 Å². The molecule has 0 atom stereocenters. The van der Waals surface area contributed by atoms with Crippen molar-refractivity contribution in [1.82, 2.24) is 9.55 Å². The molecule has 0 fully saturated rings. The quantitative estimate of drug-likeness (QED) is 0.267. The number of rotatable bonds is 10. The molecule has 0 unspecified atom stereocenters. The minimum absolute atomic E-state index is 0.142. The zero-order valence-corrected chi connectivity index (χ0v) is 18.6. The maximum atomic E-state index is 13.0. The van der Waals surface area contributed by atoms with Crippen LogP contribution in [0, 0.1) is 5.82 Å². The van der Waals surface area contributed by atoms with Gasteiger partial charge < -0.3 is 10.1 Å². The summed E-state index contributed by atoms with van der Waals surface area (Å²) in [5.41, 5.74) is 0.913. The van der Waals surface area contributed by atoms with Crippen molar-refractivity contribution in [3.05, 3.63) is 63.7 Å². The van der Waals surface area contributed by atoms with Gasteiger partial charge in [0.05, 0.1) is 10.9 Å². The van der Waals surface area contributed by atoms with E-state index in [-0.39, 0.29) is 23.7 Å². The molecule has 164 valence electrons. The number of nitrogens with one attached hydrogen (secondary N) is 1. The van der Waals surface area contributed by atoms with Crippen molar-refractivity contribution in [2.75, 3.05) is 24.3 Å². The van der Waals surface area contributed by atoms with Gasteiger partial charge in [0.1, 0.15) is 5.82 Å². The smallest absolute Gasteiger partial charge is 0.262 e. The molecular weight excluding hydrogens is 441 g/mol. The van der Waals surface area contributed by atoms with E-state index in [0.29, 0.717) is 58.7 Å². The summed E-state index contributed by atoms with van der Waals surface area (Å²) in [4.78, 5) is 29.8. The summed E-state index contributed by atoms with van der Waals surface area (Å²) < 4.78 is 20.0. The summed E-state index contributed by atoms with van der Waals surface area (Å²) in [7, 11) is 0. The molecule has 0 aliphatic carbocycles. The highest BCUT2D eigenvalue weighted by atomic mass is 35.5. The van der Waals surface area contributed by atoms with Gasteiger partial charge in [-0.3, -0.25) is 14.2 Å². The van der Waals surface area contributed by atoms with E-state index in [0.717, 1.165) is 0 Å². The summed E-state index contributed by atoms with van der Waals surface area (Å²) in [6.45, 7) is 3.56. The molecule has 0 saturated carbocycles. The van der Waals surface area contributed by atoms with E-state index in [1.807, 2.05) is 6.92 Å². The summed E-state index contributed by atoms with van der Waals surface area (Å²) >= 11 is 7.40. The molecule has 0 aliphatic heterocycles. The van der Waals surface area contributed by atoms with Gasteiger partial charge in [-0.1, -0.05) is 23.4 Å². The Hall–Kier alpha value is -2.42. The highest BCUT2D eigenvalue weighted by Gasteiger charge is 2.13. The molecule has 6 nitrogen and oxygen atoms in total. The molecule has 9 heteroatoms. The molecule has 3 rings (SSSR count). The molecule has 0 radical (unpaired) electrons. The zero-order chi connectivity index (χ0) is 22.2. The number of ether oxygens (including phenoxy) is 1. The first kappa shape index (κ1) is 23.2. The Morgan fingerprint density at radius 2 is 2.03 bits per heavy atom. The molecule has 3 aromatic rings. The Balaban J connectivity index is 1.71. The summed E-state index contributed by atoms with van der Waals surface area (Å²) in [5, 5.41) is 4.26. The largest absolute Gasteiger partial charge is 0.382 e. The normalized spacial score (nSPS) is 11.1. The van der Waals surface area contributed by atoms with E-state index in [9.17, 15) is 14.0 Å². The first-order valence-electron chi connectivity index (χ1n) is 9.94. The Morgan fingerprint density at radius 3 is 2.77 bits per heavy atom. The molecule has 0 aliphatic rings. The molecule has 0 spiro atoms. The fourth-order valence-corrected chi connectivity index (χ4v) is 4.07. The van der Waals surface area contributed by atoms with E-state index in [1.54, 1.807) is 22.8 Å². The van der Waals surface area contributed by atoms with Gasteiger partial charge in [-0.15, -0.1) is 0 Å². The predicted molar refractivity (Wildman–Crippen MR) is 122 cm³/mol. The lowest BCUT2D eigenvalue weighted by Crippen LogP contribution is -2.24. The molecular formula is C22H23ClFN3O3S. The van der Waals surface area contributed by atoms with E-state index < -0.39 is 0 Å². The van der Waals surface area contributed by atoms with Crippen LogP contribution in [0.1, 0.15) is 19.8 Å². The second-order valence-corrected chi connectivity index (χ2v) is 8.22. The maximum Gasteiger partial charge on any atom is 0.262 e. The number of fused-ring (bicyclic) bond motifs is 1. The fourth-order valence-electron chi connectivity index (χ4n) is 2.94. The SMILES string of the molecule is CCOCCCn1c(SCCC(=O)Nc2ccc(F)cc2)nc2cc(Cl)ccc2c1=O. The Kier molecular flexibility index (Phi) is 8.45. The minimum atomic E-state index is -0.363. The minimum Gasteiger partial charge on any atom is -0.382 e. The van der Waals surface area contributed by atoms with Gasteiger partial charge in [0.2, 0.25) is 5.91 Å². The monoisotopic (exact) mass is 463 g/mol. The number of halogens is 2. The topological polar surface area (TPSA) is 73.2 Å². The van der Waals surface area contributed by atoms with Crippen LogP contribution in [-0.2, 0) is 16.1 Å². The summed E-state index contributed by atoms with van der Waals surface area (Å²) in [5.74, 6) is -0.136. The van der Waals surface area contributed by atoms with Crippen LogP contribution in [0.3, 0.4) is 0 Å². The van der Waals surface area contributed by atoms with E-state index in [1.165, 1.54) is 36.0 Å². The molecule has 1 aromatic heterocycles. The second-order valence-electron chi connectivity index (χ2n) is 6.72. The third-order valence-corrected chi connectivity index (χ3v) is 5.66. The number of carbonyl (C=O) groups is 1. The molecule has 1 amide bonds. The highest BCUT2D eigenvalue weighted by molar-refractivity contribution is 7.99. The van der Waals surface area contributed by atoms with Gasteiger partial charge in [0.25, 0.3) is 5.56 Å². The van der Waals surface area contributed by atoms with Crippen LogP contribution in [0.2, 0.25) is 5.02 Å². The first-order valence-corrected chi connectivity index (χ1v) is 11.3. The number of amides is 1. The van der Waals surface area contributed by atoms with Crippen molar-refractivity contribution in [2.24, 2.45) is 0 Å². The number of nitrogens with zero attached hydrogens (tertiary/aromatic N) is 2. The zero-order valence-electron chi connectivity index (χ0n) is 17.1. The molecule has 0 saturated heterocycles. The standard InChI is InChI=1S/C22H23ClFN3O3S/c1-2-30-12-3-11-27-21(29)18-9-4-15(23)14-19(18)26-22(27)31-13-10-20(28)25-17-7-5-16(24)6-8-17/h4-9,14H,2-3,10-13H2,1H3,(H,25,28). The number of hydrogen-bond donors (Lipinski definition) is 1. The average molecular weight is 464 g/mol. The van der Waals surface area contributed by atoms with Gasteiger partial charge in [0.15, 0.2) is 5.16 Å².